The fourth-order valence-electron chi connectivity index (χ4n) is 3.10. The van der Waals surface area contributed by atoms with E-state index in [0.717, 1.165) is 19.6 Å². The minimum atomic E-state index is -0.0778. The second-order valence-electron chi connectivity index (χ2n) is 7.59. The molecule has 1 aromatic carbocycles. The summed E-state index contributed by atoms with van der Waals surface area (Å²) in [6, 6.07) is 7.86. The van der Waals surface area contributed by atoms with Crippen LogP contribution >= 0.6 is 0 Å². The third-order valence-electron chi connectivity index (χ3n) is 4.56. The van der Waals surface area contributed by atoms with E-state index in [1.165, 1.54) is 18.4 Å². The fraction of sp³-hybridized carbons (Fsp3) is 0.632. The van der Waals surface area contributed by atoms with E-state index in [-0.39, 0.29) is 24.0 Å². The molecule has 0 bridgehead atoms. The van der Waals surface area contributed by atoms with Crippen LogP contribution in [0.5, 0.6) is 0 Å². The molecule has 4 heteroatoms. The summed E-state index contributed by atoms with van der Waals surface area (Å²) in [5, 5.41) is 12.3. The van der Waals surface area contributed by atoms with E-state index < -0.39 is 0 Å². The number of hydrogen-bond acceptors (Lipinski definition) is 3. The average molecular weight is 318 g/mol. The molecule has 1 atom stereocenters. The topological polar surface area (TPSA) is 52.6 Å². The van der Waals surface area contributed by atoms with E-state index >= 15 is 0 Å². The Kier molecular flexibility index (Phi) is 6.19. The first-order chi connectivity index (χ1) is 10.9. The van der Waals surface area contributed by atoms with Gasteiger partial charge < -0.3 is 10.4 Å². The molecular weight excluding hydrogens is 288 g/mol. The highest BCUT2D eigenvalue weighted by molar-refractivity contribution is 5.94. The molecule has 0 spiro atoms. The maximum atomic E-state index is 12.6. The van der Waals surface area contributed by atoms with Crippen molar-refractivity contribution >= 4 is 5.91 Å². The third kappa shape index (κ3) is 5.33. The van der Waals surface area contributed by atoms with Crippen molar-refractivity contribution in [2.45, 2.75) is 52.6 Å². The SMILES string of the molecule is CC(C)(C)C(CCO)NC(=O)c1cccc(CN2CCCC2)c1. The largest absolute Gasteiger partial charge is 0.396 e. The van der Waals surface area contributed by atoms with Gasteiger partial charge in [-0.1, -0.05) is 32.9 Å². The normalized spacial score (nSPS) is 17.2. The predicted molar refractivity (Wildman–Crippen MR) is 93.4 cm³/mol. The number of rotatable bonds is 6. The van der Waals surface area contributed by atoms with E-state index in [0.29, 0.717) is 12.0 Å². The number of likely N-dealkylation sites (tertiary alicyclic amines) is 1. The van der Waals surface area contributed by atoms with Gasteiger partial charge >= 0.3 is 0 Å². The number of benzene rings is 1. The standard InChI is InChI=1S/C19H30N2O2/c1-19(2,3)17(9-12-22)20-18(23)16-8-6-7-15(13-16)14-21-10-4-5-11-21/h6-8,13,17,22H,4-5,9-12,14H2,1-3H3,(H,20,23). The van der Waals surface area contributed by atoms with Crippen molar-refractivity contribution in [3.63, 3.8) is 0 Å². The van der Waals surface area contributed by atoms with Gasteiger partial charge in [0, 0.05) is 24.8 Å². The van der Waals surface area contributed by atoms with Crippen LogP contribution in [0.1, 0.15) is 56.0 Å². The predicted octanol–water partition coefficient (Wildman–Crippen LogP) is 2.81. The van der Waals surface area contributed by atoms with Crippen molar-refractivity contribution in [3.8, 4) is 0 Å². The number of carbonyl (C=O) groups is 1. The molecule has 1 heterocycles. The molecule has 1 fully saturated rings. The van der Waals surface area contributed by atoms with Gasteiger partial charge in [-0.15, -0.1) is 0 Å². The summed E-state index contributed by atoms with van der Waals surface area (Å²) in [6.07, 6.45) is 3.12. The smallest absolute Gasteiger partial charge is 0.251 e. The van der Waals surface area contributed by atoms with Crippen LogP contribution in [0.4, 0.5) is 0 Å². The number of hydrogen-bond donors (Lipinski definition) is 2. The molecule has 1 aliphatic heterocycles. The summed E-state index contributed by atoms with van der Waals surface area (Å²) in [5.41, 5.74) is 1.81. The zero-order valence-electron chi connectivity index (χ0n) is 14.6. The Morgan fingerprint density at radius 1 is 1.30 bits per heavy atom. The van der Waals surface area contributed by atoms with Crippen LogP contribution in [0.2, 0.25) is 0 Å². The van der Waals surface area contributed by atoms with Gasteiger partial charge in [0.15, 0.2) is 0 Å². The van der Waals surface area contributed by atoms with Gasteiger partial charge in [0.05, 0.1) is 0 Å². The lowest BCUT2D eigenvalue weighted by Gasteiger charge is -2.31. The van der Waals surface area contributed by atoms with Crippen LogP contribution in [0.3, 0.4) is 0 Å². The molecule has 0 radical (unpaired) electrons. The quantitative estimate of drug-likeness (QED) is 0.848. The van der Waals surface area contributed by atoms with Crippen molar-refractivity contribution in [2.24, 2.45) is 5.41 Å². The summed E-state index contributed by atoms with van der Waals surface area (Å²) in [4.78, 5) is 15.0. The Hall–Kier alpha value is -1.39. The van der Waals surface area contributed by atoms with Crippen molar-refractivity contribution in [1.82, 2.24) is 10.2 Å². The van der Waals surface area contributed by atoms with Crippen LogP contribution in [-0.2, 0) is 6.54 Å². The van der Waals surface area contributed by atoms with Crippen molar-refractivity contribution in [3.05, 3.63) is 35.4 Å². The van der Waals surface area contributed by atoms with Gasteiger partial charge in [-0.25, -0.2) is 0 Å². The zero-order chi connectivity index (χ0) is 16.9. The van der Waals surface area contributed by atoms with Crippen molar-refractivity contribution in [2.75, 3.05) is 19.7 Å². The molecule has 23 heavy (non-hydrogen) atoms. The molecule has 4 nitrogen and oxygen atoms in total. The van der Waals surface area contributed by atoms with Crippen LogP contribution in [-0.4, -0.2) is 41.7 Å². The second kappa shape index (κ2) is 7.93. The van der Waals surface area contributed by atoms with E-state index in [1.54, 1.807) is 0 Å². The van der Waals surface area contributed by atoms with Gasteiger partial charge in [-0.2, -0.15) is 0 Å². The summed E-state index contributed by atoms with van der Waals surface area (Å²) in [5.74, 6) is -0.0540. The minimum absolute atomic E-state index is 0.0396. The van der Waals surface area contributed by atoms with Gasteiger partial charge in [0.25, 0.3) is 5.91 Å². The molecule has 1 aromatic rings. The Morgan fingerprint density at radius 2 is 2.00 bits per heavy atom. The molecule has 1 aliphatic rings. The maximum Gasteiger partial charge on any atom is 0.251 e. The summed E-state index contributed by atoms with van der Waals surface area (Å²) >= 11 is 0. The second-order valence-corrected chi connectivity index (χ2v) is 7.59. The van der Waals surface area contributed by atoms with Crippen LogP contribution in [0.15, 0.2) is 24.3 Å². The van der Waals surface area contributed by atoms with E-state index in [2.05, 4.69) is 37.1 Å². The Balaban J connectivity index is 2.03. The highest BCUT2D eigenvalue weighted by Gasteiger charge is 2.26. The van der Waals surface area contributed by atoms with E-state index in [4.69, 9.17) is 0 Å². The summed E-state index contributed by atoms with van der Waals surface area (Å²) in [6.45, 7) is 9.54. The lowest BCUT2D eigenvalue weighted by Crippen LogP contribution is -2.44. The number of nitrogens with zero attached hydrogens (tertiary/aromatic N) is 1. The number of carbonyl (C=O) groups excluding carboxylic acids is 1. The number of aliphatic hydroxyl groups is 1. The lowest BCUT2D eigenvalue weighted by atomic mass is 9.84. The Labute approximate surface area is 139 Å². The molecule has 1 amide bonds. The minimum Gasteiger partial charge on any atom is -0.396 e. The summed E-state index contributed by atoms with van der Waals surface area (Å²) < 4.78 is 0. The number of aliphatic hydroxyl groups excluding tert-OH is 1. The van der Waals surface area contributed by atoms with Crippen LogP contribution < -0.4 is 5.32 Å². The van der Waals surface area contributed by atoms with Crippen molar-refractivity contribution in [1.29, 1.82) is 0 Å². The monoisotopic (exact) mass is 318 g/mol. The maximum absolute atomic E-state index is 12.6. The third-order valence-corrected chi connectivity index (χ3v) is 4.56. The Bertz CT molecular complexity index is 516. The molecule has 1 unspecified atom stereocenters. The fourth-order valence-corrected chi connectivity index (χ4v) is 3.10. The molecule has 2 rings (SSSR count). The van der Waals surface area contributed by atoms with Crippen LogP contribution in [0.25, 0.3) is 0 Å². The van der Waals surface area contributed by atoms with E-state index in [1.807, 2.05) is 18.2 Å². The molecule has 0 aliphatic carbocycles. The Morgan fingerprint density at radius 3 is 2.61 bits per heavy atom. The number of nitrogens with one attached hydrogen (secondary N) is 1. The molecule has 2 N–H and O–H groups in total. The summed E-state index contributed by atoms with van der Waals surface area (Å²) in [7, 11) is 0. The molecule has 0 saturated carbocycles. The first-order valence-corrected chi connectivity index (χ1v) is 8.63. The number of amides is 1. The first-order valence-electron chi connectivity index (χ1n) is 8.63. The van der Waals surface area contributed by atoms with Gasteiger partial charge in [-0.05, 0) is 55.5 Å². The molecule has 128 valence electrons. The van der Waals surface area contributed by atoms with Crippen molar-refractivity contribution < 1.29 is 9.90 Å². The lowest BCUT2D eigenvalue weighted by molar-refractivity contribution is 0.0885. The van der Waals surface area contributed by atoms with Crippen LogP contribution in [0, 0.1) is 5.41 Å². The van der Waals surface area contributed by atoms with Gasteiger partial charge in [0.1, 0.15) is 0 Å². The zero-order valence-corrected chi connectivity index (χ0v) is 14.6. The average Bonchev–Trinajstić information content (AvgIpc) is 2.99. The highest BCUT2D eigenvalue weighted by Crippen LogP contribution is 2.22. The first kappa shape index (κ1) is 18.0. The molecule has 0 aromatic heterocycles. The van der Waals surface area contributed by atoms with E-state index in [9.17, 15) is 9.90 Å². The molecular formula is C19H30N2O2. The molecule has 1 saturated heterocycles. The van der Waals surface area contributed by atoms with Gasteiger partial charge in [-0.3, -0.25) is 9.69 Å². The highest BCUT2D eigenvalue weighted by atomic mass is 16.3. The van der Waals surface area contributed by atoms with Gasteiger partial charge in [0.2, 0.25) is 0 Å².